The molecule has 3 unspecified atom stereocenters. The van der Waals surface area contributed by atoms with Gasteiger partial charge in [-0.2, -0.15) is 0 Å². The van der Waals surface area contributed by atoms with E-state index in [9.17, 15) is 0 Å². The van der Waals surface area contributed by atoms with Crippen molar-refractivity contribution in [2.24, 2.45) is 16.3 Å². The van der Waals surface area contributed by atoms with Crippen LogP contribution < -0.4 is 10.6 Å². The van der Waals surface area contributed by atoms with Gasteiger partial charge in [0.2, 0.25) is 0 Å². The molecule has 3 aliphatic rings. The first-order valence-electron chi connectivity index (χ1n) is 9.06. The van der Waals surface area contributed by atoms with Crippen molar-refractivity contribution in [2.45, 2.75) is 50.8 Å². The van der Waals surface area contributed by atoms with Crippen LogP contribution in [0.15, 0.2) is 29.3 Å². The Labute approximate surface area is 149 Å². The van der Waals surface area contributed by atoms with Gasteiger partial charge < -0.3 is 15.4 Å². The van der Waals surface area contributed by atoms with Gasteiger partial charge >= 0.3 is 0 Å². The number of aliphatic imine (C=N–C) groups is 1. The van der Waals surface area contributed by atoms with E-state index in [1.807, 2.05) is 31.3 Å². The maximum Gasteiger partial charge on any atom is 0.191 e. The molecule has 1 saturated heterocycles. The number of halogens is 1. The summed E-state index contributed by atoms with van der Waals surface area (Å²) in [4.78, 5) is 4.44. The Morgan fingerprint density at radius 3 is 2.75 bits per heavy atom. The van der Waals surface area contributed by atoms with Gasteiger partial charge in [-0.25, -0.2) is 0 Å². The summed E-state index contributed by atoms with van der Waals surface area (Å²) in [5, 5.41) is 7.94. The van der Waals surface area contributed by atoms with Gasteiger partial charge in [0.15, 0.2) is 5.96 Å². The van der Waals surface area contributed by atoms with Gasteiger partial charge in [-0.15, -0.1) is 0 Å². The lowest BCUT2D eigenvalue weighted by atomic mass is 9.54. The Morgan fingerprint density at radius 1 is 1.29 bits per heavy atom. The van der Waals surface area contributed by atoms with Crippen LogP contribution in [0.3, 0.4) is 0 Å². The number of hydrogen-bond donors (Lipinski definition) is 2. The molecule has 4 rings (SSSR count). The van der Waals surface area contributed by atoms with Crippen LogP contribution in [0.25, 0.3) is 0 Å². The molecule has 1 heterocycles. The van der Waals surface area contributed by atoms with Crippen molar-refractivity contribution in [2.75, 3.05) is 13.7 Å². The summed E-state index contributed by atoms with van der Waals surface area (Å²) >= 11 is 5.95. The summed E-state index contributed by atoms with van der Waals surface area (Å²) in [6.07, 6.45) is 6.91. The first-order chi connectivity index (χ1) is 11.7. The summed E-state index contributed by atoms with van der Waals surface area (Å²) in [7, 11) is 1.85. The molecule has 2 aliphatic carbocycles. The van der Waals surface area contributed by atoms with Crippen molar-refractivity contribution in [3.05, 3.63) is 34.9 Å². The SMILES string of the molecule is CN=C(NCc1ccc(Cl)cc1)NC1C2CCOC2C12CCCC2. The van der Waals surface area contributed by atoms with E-state index < -0.39 is 0 Å². The third-order valence-electron chi connectivity index (χ3n) is 6.18. The molecule has 2 saturated carbocycles. The van der Waals surface area contributed by atoms with E-state index in [0.717, 1.165) is 24.1 Å². The van der Waals surface area contributed by atoms with Crippen molar-refractivity contribution in [1.82, 2.24) is 10.6 Å². The summed E-state index contributed by atoms with van der Waals surface area (Å²) in [6.45, 7) is 1.67. The van der Waals surface area contributed by atoms with Crippen molar-refractivity contribution in [3.63, 3.8) is 0 Å². The van der Waals surface area contributed by atoms with Gasteiger partial charge in [0.05, 0.1) is 6.10 Å². The van der Waals surface area contributed by atoms with Crippen molar-refractivity contribution >= 4 is 17.6 Å². The summed E-state index contributed by atoms with van der Waals surface area (Å²) in [5.74, 6) is 1.55. The number of rotatable bonds is 3. The van der Waals surface area contributed by atoms with Crippen molar-refractivity contribution < 1.29 is 4.74 Å². The number of guanidine groups is 1. The van der Waals surface area contributed by atoms with Gasteiger partial charge in [0.1, 0.15) is 0 Å². The molecule has 1 aliphatic heterocycles. The zero-order chi connectivity index (χ0) is 16.6. The molecule has 0 radical (unpaired) electrons. The molecule has 3 atom stereocenters. The predicted molar refractivity (Wildman–Crippen MR) is 97.3 cm³/mol. The van der Waals surface area contributed by atoms with E-state index >= 15 is 0 Å². The van der Waals surface area contributed by atoms with Crippen LogP contribution in [0.4, 0.5) is 0 Å². The minimum Gasteiger partial charge on any atom is -0.377 e. The highest BCUT2D eigenvalue weighted by Crippen LogP contribution is 2.60. The lowest BCUT2D eigenvalue weighted by Crippen LogP contribution is -2.69. The van der Waals surface area contributed by atoms with Crippen molar-refractivity contribution in [3.8, 4) is 0 Å². The van der Waals surface area contributed by atoms with Gasteiger partial charge in [-0.1, -0.05) is 36.6 Å². The molecule has 0 amide bonds. The third-order valence-corrected chi connectivity index (χ3v) is 6.43. The number of hydrogen-bond acceptors (Lipinski definition) is 2. The monoisotopic (exact) mass is 347 g/mol. The second-order valence-corrected chi connectivity index (χ2v) is 7.79. The fraction of sp³-hybridized carbons (Fsp3) is 0.632. The average molecular weight is 348 g/mol. The Morgan fingerprint density at radius 2 is 2.04 bits per heavy atom. The standard InChI is InChI=1S/C19H26ClN3O/c1-21-18(22-12-13-4-6-14(20)7-5-13)23-16-15-8-11-24-17(15)19(16)9-2-3-10-19/h4-7,15-17H,2-3,8-12H2,1H3,(H2,21,22,23). The molecule has 0 bridgehead atoms. The minimum atomic E-state index is 0.346. The van der Waals surface area contributed by atoms with E-state index in [-0.39, 0.29) is 0 Å². The normalized spacial score (nSPS) is 30.9. The molecule has 2 N–H and O–H groups in total. The molecular formula is C19H26ClN3O. The molecule has 3 fully saturated rings. The molecule has 1 aromatic rings. The number of ether oxygens (including phenoxy) is 1. The average Bonchev–Trinajstić information content (AvgIpc) is 3.25. The van der Waals surface area contributed by atoms with Crippen molar-refractivity contribution in [1.29, 1.82) is 0 Å². The zero-order valence-electron chi connectivity index (χ0n) is 14.2. The highest BCUT2D eigenvalue weighted by Gasteiger charge is 2.65. The van der Waals surface area contributed by atoms with Crippen LogP contribution >= 0.6 is 11.6 Å². The van der Waals surface area contributed by atoms with Gasteiger partial charge in [0, 0.05) is 42.6 Å². The summed E-state index contributed by atoms with van der Waals surface area (Å²) < 4.78 is 6.06. The van der Waals surface area contributed by atoms with Gasteiger partial charge in [0.25, 0.3) is 0 Å². The van der Waals surface area contributed by atoms with E-state index in [2.05, 4.69) is 15.6 Å². The quantitative estimate of drug-likeness (QED) is 0.651. The fourth-order valence-electron chi connectivity index (χ4n) is 5.03. The molecule has 1 aromatic carbocycles. The van der Waals surface area contributed by atoms with Crippen LogP contribution in [-0.2, 0) is 11.3 Å². The lowest BCUT2D eigenvalue weighted by molar-refractivity contribution is -0.125. The second-order valence-electron chi connectivity index (χ2n) is 7.36. The molecule has 0 aromatic heterocycles. The Kier molecular flexibility index (Phi) is 4.44. The van der Waals surface area contributed by atoms with Gasteiger partial charge in [-0.3, -0.25) is 4.99 Å². The van der Waals surface area contributed by atoms with E-state index in [1.165, 1.54) is 37.7 Å². The van der Waals surface area contributed by atoms with Crippen LogP contribution in [0.5, 0.6) is 0 Å². The van der Waals surface area contributed by atoms with Crippen LogP contribution in [0, 0.1) is 11.3 Å². The Hall–Kier alpha value is -1.26. The molecule has 1 spiro atoms. The van der Waals surface area contributed by atoms with E-state index in [1.54, 1.807) is 0 Å². The van der Waals surface area contributed by atoms with Gasteiger partial charge in [-0.05, 0) is 37.0 Å². The Balaban J connectivity index is 1.40. The summed E-state index contributed by atoms with van der Waals surface area (Å²) in [6, 6.07) is 8.45. The number of nitrogens with zero attached hydrogens (tertiary/aromatic N) is 1. The fourth-order valence-corrected chi connectivity index (χ4v) is 5.16. The highest BCUT2D eigenvalue weighted by atomic mass is 35.5. The third kappa shape index (κ3) is 2.70. The zero-order valence-corrected chi connectivity index (χ0v) is 15.0. The summed E-state index contributed by atoms with van der Waals surface area (Å²) in [5.41, 5.74) is 1.55. The maximum atomic E-state index is 6.06. The molecule has 24 heavy (non-hydrogen) atoms. The highest BCUT2D eigenvalue weighted by molar-refractivity contribution is 6.30. The molecule has 4 nitrogen and oxygen atoms in total. The van der Waals surface area contributed by atoms with E-state index in [4.69, 9.17) is 16.3 Å². The maximum absolute atomic E-state index is 6.06. The first-order valence-corrected chi connectivity index (χ1v) is 9.44. The van der Waals surface area contributed by atoms with Crippen LogP contribution in [0.2, 0.25) is 5.02 Å². The molecule has 5 heteroatoms. The largest absolute Gasteiger partial charge is 0.377 e. The number of nitrogens with one attached hydrogen (secondary N) is 2. The predicted octanol–water partition coefficient (Wildman–Crippen LogP) is 3.35. The lowest BCUT2D eigenvalue weighted by Gasteiger charge is -2.57. The van der Waals surface area contributed by atoms with Crippen LogP contribution in [-0.4, -0.2) is 31.8 Å². The van der Waals surface area contributed by atoms with Crippen LogP contribution in [0.1, 0.15) is 37.7 Å². The Bertz CT molecular complexity index is 610. The first kappa shape index (κ1) is 16.2. The second kappa shape index (κ2) is 6.57. The minimum absolute atomic E-state index is 0.346. The number of benzene rings is 1. The topological polar surface area (TPSA) is 45.7 Å². The smallest absolute Gasteiger partial charge is 0.191 e. The number of fused-ring (bicyclic) bond motifs is 2. The molecule has 130 valence electrons. The molecular weight excluding hydrogens is 322 g/mol. The van der Waals surface area contributed by atoms with E-state index in [0.29, 0.717) is 23.5 Å².